The van der Waals surface area contributed by atoms with E-state index in [9.17, 15) is 14.4 Å². The second kappa shape index (κ2) is 9.32. The van der Waals surface area contributed by atoms with Crippen LogP contribution in [0.5, 0.6) is 0 Å². The molecule has 0 aromatic carbocycles. The molecule has 110 valence electrons. The Bertz CT molecular complexity index is 319. The highest BCUT2D eigenvalue weighted by Gasteiger charge is 2.14. The molecule has 0 aromatic rings. The highest BCUT2D eigenvalue weighted by molar-refractivity contribution is 5.82. The predicted octanol–water partition coefficient (Wildman–Crippen LogP) is 0.186. The van der Waals surface area contributed by atoms with Crippen LogP contribution in [0.3, 0.4) is 0 Å². The van der Waals surface area contributed by atoms with Gasteiger partial charge in [-0.1, -0.05) is 6.92 Å². The molecule has 0 rings (SSSR count). The largest absolute Gasteiger partial charge is 0.481 e. The second-order valence-corrected chi connectivity index (χ2v) is 4.66. The van der Waals surface area contributed by atoms with Gasteiger partial charge in [-0.15, -0.1) is 0 Å². The van der Waals surface area contributed by atoms with Gasteiger partial charge < -0.3 is 21.3 Å². The molecule has 0 aromatic heterocycles. The van der Waals surface area contributed by atoms with E-state index < -0.39 is 18.0 Å². The van der Waals surface area contributed by atoms with Gasteiger partial charge in [-0.2, -0.15) is 0 Å². The smallest absolute Gasteiger partial charge is 0.303 e. The van der Waals surface area contributed by atoms with Crippen molar-refractivity contribution in [2.45, 2.75) is 45.1 Å². The van der Waals surface area contributed by atoms with E-state index in [-0.39, 0.29) is 31.1 Å². The van der Waals surface area contributed by atoms with Gasteiger partial charge in [0.2, 0.25) is 5.91 Å². The number of carbonyl (C=O) groups excluding carboxylic acids is 1. The zero-order chi connectivity index (χ0) is 14.8. The Morgan fingerprint density at radius 2 is 1.58 bits per heavy atom. The first kappa shape index (κ1) is 17.4. The van der Waals surface area contributed by atoms with E-state index in [1.807, 2.05) is 6.92 Å². The van der Waals surface area contributed by atoms with Crippen molar-refractivity contribution in [1.29, 1.82) is 0 Å². The summed E-state index contributed by atoms with van der Waals surface area (Å²) in [5.74, 6) is -1.98. The number of amides is 1. The van der Waals surface area contributed by atoms with Crippen molar-refractivity contribution in [3.05, 3.63) is 0 Å². The van der Waals surface area contributed by atoms with Gasteiger partial charge >= 0.3 is 11.9 Å². The maximum atomic E-state index is 11.5. The Balaban J connectivity index is 3.72. The minimum absolute atomic E-state index is 0.107. The van der Waals surface area contributed by atoms with Crippen LogP contribution in [0.4, 0.5) is 0 Å². The molecule has 19 heavy (non-hydrogen) atoms. The first-order valence-electron chi connectivity index (χ1n) is 6.29. The van der Waals surface area contributed by atoms with Crippen molar-refractivity contribution >= 4 is 17.8 Å². The van der Waals surface area contributed by atoms with E-state index in [1.165, 1.54) is 0 Å². The number of carboxylic acid groups (broad SMARTS) is 2. The van der Waals surface area contributed by atoms with Crippen LogP contribution < -0.4 is 11.1 Å². The van der Waals surface area contributed by atoms with Gasteiger partial charge in [-0.25, -0.2) is 0 Å². The Labute approximate surface area is 112 Å². The fourth-order valence-electron chi connectivity index (χ4n) is 1.50. The molecule has 0 bridgehead atoms. The van der Waals surface area contributed by atoms with E-state index in [1.54, 1.807) is 0 Å². The summed E-state index contributed by atoms with van der Waals surface area (Å²) < 4.78 is 0. The van der Waals surface area contributed by atoms with E-state index in [4.69, 9.17) is 15.9 Å². The average molecular weight is 274 g/mol. The number of rotatable bonds is 10. The van der Waals surface area contributed by atoms with Gasteiger partial charge in [-0.05, 0) is 25.2 Å². The molecule has 0 fully saturated rings. The lowest BCUT2D eigenvalue weighted by molar-refractivity contribution is -0.138. The van der Waals surface area contributed by atoms with Crippen LogP contribution in [0.1, 0.15) is 39.0 Å². The van der Waals surface area contributed by atoms with Crippen molar-refractivity contribution < 1.29 is 24.6 Å². The summed E-state index contributed by atoms with van der Waals surface area (Å²) >= 11 is 0. The Morgan fingerprint density at radius 1 is 1.05 bits per heavy atom. The van der Waals surface area contributed by atoms with Gasteiger partial charge in [0.1, 0.15) is 0 Å². The maximum Gasteiger partial charge on any atom is 0.303 e. The molecular weight excluding hydrogens is 252 g/mol. The highest BCUT2D eigenvalue weighted by atomic mass is 16.4. The molecule has 0 saturated heterocycles. The fraction of sp³-hybridized carbons (Fsp3) is 0.750. The molecule has 0 saturated carbocycles. The summed E-state index contributed by atoms with van der Waals surface area (Å²) in [7, 11) is 0. The molecule has 5 N–H and O–H groups in total. The van der Waals surface area contributed by atoms with Crippen molar-refractivity contribution in [2.24, 2.45) is 11.7 Å². The van der Waals surface area contributed by atoms with Crippen LogP contribution in [0.15, 0.2) is 0 Å². The quantitative estimate of drug-likeness (QED) is 0.450. The van der Waals surface area contributed by atoms with E-state index in [2.05, 4.69) is 5.32 Å². The third-order valence-electron chi connectivity index (χ3n) is 2.79. The molecule has 0 heterocycles. The first-order chi connectivity index (χ1) is 8.82. The van der Waals surface area contributed by atoms with Crippen LogP contribution >= 0.6 is 0 Å². The normalized spacial score (nSPS) is 13.6. The summed E-state index contributed by atoms with van der Waals surface area (Å²) in [6.45, 7) is 2.33. The summed E-state index contributed by atoms with van der Waals surface area (Å²) in [4.78, 5) is 32.2. The van der Waals surface area contributed by atoms with E-state index in [0.717, 1.165) is 0 Å². The molecule has 0 spiro atoms. The molecular formula is C12H22N2O5. The third-order valence-corrected chi connectivity index (χ3v) is 2.79. The SMILES string of the molecule is CC(CCNC(=O)C(N)CCC(=O)O)CCC(=O)O. The second-order valence-electron chi connectivity index (χ2n) is 4.66. The molecule has 0 aliphatic heterocycles. The average Bonchev–Trinajstić information content (AvgIpc) is 2.33. The number of hydrogen-bond acceptors (Lipinski definition) is 4. The molecule has 1 amide bonds. The molecule has 2 atom stereocenters. The van der Waals surface area contributed by atoms with Crippen molar-refractivity contribution in [1.82, 2.24) is 5.32 Å². The number of aliphatic carboxylic acids is 2. The van der Waals surface area contributed by atoms with Crippen LogP contribution in [-0.4, -0.2) is 40.6 Å². The zero-order valence-corrected chi connectivity index (χ0v) is 11.1. The topological polar surface area (TPSA) is 130 Å². The Kier molecular flexibility index (Phi) is 8.52. The molecule has 0 radical (unpaired) electrons. The maximum absolute atomic E-state index is 11.5. The molecule has 2 unspecified atom stereocenters. The minimum Gasteiger partial charge on any atom is -0.481 e. The van der Waals surface area contributed by atoms with Crippen molar-refractivity contribution in [2.75, 3.05) is 6.54 Å². The van der Waals surface area contributed by atoms with Crippen LogP contribution in [0, 0.1) is 5.92 Å². The highest BCUT2D eigenvalue weighted by Crippen LogP contribution is 2.09. The lowest BCUT2D eigenvalue weighted by Gasteiger charge is -2.13. The van der Waals surface area contributed by atoms with Crippen molar-refractivity contribution in [3.8, 4) is 0 Å². The van der Waals surface area contributed by atoms with Gasteiger partial charge in [0, 0.05) is 19.4 Å². The van der Waals surface area contributed by atoms with E-state index in [0.29, 0.717) is 19.4 Å². The standard InChI is InChI=1S/C12H22N2O5/c1-8(2-4-10(15)16)6-7-14-12(19)9(13)3-5-11(17)18/h8-9H,2-7,13H2,1H3,(H,14,19)(H,15,16)(H,17,18). The monoisotopic (exact) mass is 274 g/mol. The number of nitrogens with one attached hydrogen (secondary N) is 1. The number of carbonyl (C=O) groups is 3. The van der Waals surface area contributed by atoms with Crippen LogP contribution in [-0.2, 0) is 14.4 Å². The molecule has 0 aliphatic carbocycles. The number of nitrogens with two attached hydrogens (primary N) is 1. The molecule has 7 heteroatoms. The van der Waals surface area contributed by atoms with Gasteiger partial charge in [0.25, 0.3) is 0 Å². The minimum atomic E-state index is -0.981. The molecule has 7 nitrogen and oxygen atoms in total. The Hall–Kier alpha value is -1.63. The predicted molar refractivity (Wildman–Crippen MR) is 68.5 cm³/mol. The summed E-state index contributed by atoms with van der Waals surface area (Å²) in [5, 5.41) is 19.6. The summed E-state index contributed by atoms with van der Waals surface area (Å²) in [6.07, 6.45) is 1.33. The fourth-order valence-corrected chi connectivity index (χ4v) is 1.50. The summed E-state index contributed by atoms with van der Waals surface area (Å²) in [5.41, 5.74) is 5.53. The van der Waals surface area contributed by atoms with Gasteiger partial charge in [-0.3, -0.25) is 14.4 Å². The zero-order valence-electron chi connectivity index (χ0n) is 11.1. The first-order valence-corrected chi connectivity index (χ1v) is 6.29. The number of carboxylic acids is 2. The van der Waals surface area contributed by atoms with Crippen LogP contribution in [0.25, 0.3) is 0 Å². The third kappa shape index (κ3) is 10.0. The lowest BCUT2D eigenvalue weighted by atomic mass is 10.0. The van der Waals surface area contributed by atoms with Gasteiger partial charge in [0.05, 0.1) is 6.04 Å². The number of hydrogen-bond donors (Lipinski definition) is 4. The van der Waals surface area contributed by atoms with Crippen molar-refractivity contribution in [3.63, 3.8) is 0 Å². The van der Waals surface area contributed by atoms with Gasteiger partial charge in [0.15, 0.2) is 0 Å². The Morgan fingerprint density at radius 3 is 2.11 bits per heavy atom. The van der Waals surface area contributed by atoms with Crippen LogP contribution in [0.2, 0.25) is 0 Å². The lowest BCUT2D eigenvalue weighted by Crippen LogP contribution is -2.41. The summed E-state index contributed by atoms with van der Waals surface area (Å²) in [6, 6.07) is -0.814. The van der Waals surface area contributed by atoms with E-state index >= 15 is 0 Å². The molecule has 0 aliphatic rings.